The molecule has 0 fully saturated rings. The molecule has 17 heavy (non-hydrogen) atoms. The van der Waals surface area contributed by atoms with Gasteiger partial charge < -0.3 is 15.8 Å². The molecule has 0 spiro atoms. The SMILES string of the molecule is COCCCC(N)C(=O)NCc1ccncc1. The largest absolute Gasteiger partial charge is 0.385 e. The predicted octanol–water partition coefficient (Wildman–Crippen LogP) is 0.452. The standard InChI is InChI=1S/C12H19N3O2/c1-17-8-2-3-11(13)12(16)15-9-10-4-6-14-7-5-10/h4-7,11H,2-3,8-9,13H2,1H3,(H,15,16). The minimum atomic E-state index is -0.466. The van der Waals surface area contributed by atoms with Crippen LogP contribution in [0.5, 0.6) is 0 Å². The van der Waals surface area contributed by atoms with Gasteiger partial charge in [-0.3, -0.25) is 9.78 Å². The lowest BCUT2D eigenvalue weighted by Gasteiger charge is -2.11. The summed E-state index contributed by atoms with van der Waals surface area (Å²) in [6.07, 6.45) is 4.82. The van der Waals surface area contributed by atoms with E-state index in [0.717, 1.165) is 12.0 Å². The third-order valence-corrected chi connectivity index (χ3v) is 2.42. The number of pyridine rings is 1. The first-order valence-electron chi connectivity index (χ1n) is 5.65. The van der Waals surface area contributed by atoms with Crippen molar-refractivity contribution in [3.05, 3.63) is 30.1 Å². The second-order valence-corrected chi connectivity index (χ2v) is 3.81. The summed E-state index contributed by atoms with van der Waals surface area (Å²) in [6, 6.07) is 3.25. The molecule has 1 atom stereocenters. The average molecular weight is 237 g/mol. The number of nitrogens with two attached hydrogens (primary N) is 1. The van der Waals surface area contributed by atoms with E-state index in [2.05, 4.69) is 10.3 Å². The lowest BCUT2D eigenvalue weighted by molar-refractivity contribution is -0.122. The van der Waals surface area contributed by atoms with Crippen molar-refractivity contribution in [1.29, 1.82) is 0 Å². The summed E-state index contributed by atoms with van der Waals surface area (Å²) < 4.78 is 4.91. The Morgan fingerprint density at radius 3 is 2.88 bits per heavy atom. The minimum Gasteiger partial charge on any atom is -0.385 e. The molecule has 1 aromatic rings. The zero-order valence-electron chi connectivity index (χ0n) is 10.1. The molecule has 1 heterocycles. The monoisotopic (exact) mass is 237 g/mol. The van der Waals surface area contributed by atoms with Crippen molar-refractivity contribution in [2.75, 3.05) is 13.7 Å². The van der Waals surface area contributed by atoms with Crippen molar-refractivity contribution >= 4 is 5.91 Å². The summed E-state index contributed by atoms with van der Waals surface area (Å²) in [5.74, 6) is -0.127. The van der Waals surface area contributed by atoms with E-state index in [1.807, 2.05) is 12.1 Å². The van der Waals surface area contributed by atoms with E-state index in [4.69, 9.17) is 10.5 Å². The fraction of sp³-hybridized carbons (Fsp3) is 0.500. The van der Waals surface area contributed by atoms with E-state index < -0.39 is 6.04 Å². The number of amides is 1. The number of nitrogens with one attached hydrogen (secondary N) is 1. The molecular weight excluding hydrogens is 218 g/mol. The van der Waals surface area contributed by atoms with Crippen LogP contribution in [0.4, 0.5) is 0 Å². The van der Waals surface area contributed by atoms with Gasteiger partial charge >= 0.3 is 0 Å². The first-order chi connectivity index (χ1) is 8.24. The van der Waals surface area contributed by atoms with Gasteiger partial charge in [-0.2, -0.15) is 0 Å². The van der Waals surface area contributed by atoms with E-state index in [1.54, 1.807) is 19.5 Å². The third-order valence-electron chi connectivity index (χ3n) is 2.42. The maximum atomic E-state index is 11.6. The molecule has 0 aliphatic heterocycles. The molecule has 1 aromatic heterocycles. The van der Waals surface area contributed by atoms with Crippen molar-refractivity contribution in [2.45, 2.75) is 25.4 Å². The fourth-order valence-electron chi connectivity index (χ4n) is 1.40. The number of rotatable bonds is 7. The fourth-order valence-corrected chi connectivity index (χ4v) is 1.40. The van der Waals surface area contributed by atoms with Gasteiger partial charge in [-0.1, -0.05) is 0 Å². The Labute approximate surface area is 101 Å². The number of carbonyl (C=O) groups excluding carboxylic acids is 1. The minimum absolute atomic E-state index is 0.127. The molecule has 1 unspecified atom stereocenters. The van der Waals surface area contributed by atoms with Crippen LogP contribution < -0.4 is 11.1 Å². The van der Waals surface area contributed by atoms with Gasteiger partial charge in [-0.05, 0) is 30.5 Å². The molecule has 94 valence electrons. The molecule has 5 nitrogen and oxygen atoms in total. The van der Waals surface area contributed by atoms with E-state index in [-0.39, 0.29) is 5.91 Å². The lowest BCUT2D eigenvalue weighted by atomic mass is 10.1. The molecule has 5 heteroatoms. The van der Waals surface area contributed by atoms with Crippen molar-refractivity contribution < 1.29 is 9.53 Å². The van der Waals surface area contributed by atoms with Crippen LogP contribution in [-0.4, -0.2) is 30.6 Å². The van der Waals surface area contributed by atoms with Gasteiger partial charge in [0.15, 0.2) is 0 Å². The van der Waals surface area contributed by atoms with E-state index in [9.17, 15) is 4.79 Å². The van der Waals surface area contributed by atoms with Gasteiger partial charge in [0.2, 0.25) is 5.91 Å². The first kappa shape index (κ1) is 13.6. The van der Waals surface area contributed by atoms with Gasteiger partial charge in [0.1, 0.15) is 0 Å². The van der Waals surface area contributed by atoms with Crippen molar-refractivity contribution in [1.82, 2.24) is 10.3 Å². The summed E-state index contributed by atoms with van der Waals surface area (Å²) in [7, 11) is 1.63. The Bertz CT molecular complexity index is 330. The number of methoxy groups -OCH3 is 1. The molecule has 3 N–H and O–H groups in total. The molecule has 1 rings (SSSR count). The number of hydrogen-bond acceptors (Lipinski definition) is 4. The van der Waals surface area contributed by atoms with Crippen LogP contribution in [0.2, 0.25) is 0 Å². The molecule has 0 radical (unpaired) electrons. The number of ether oxygens (including phenoxy) is 1. The summed E-state index contributed by atoms with van der Waals surface area (Å²) >= 11 is 0. The predicted molar refractivity (Wildman–Crippen MR) is 65.2 cm³/mol. The third kappa shape index (κ3) is 5.42. The summed E-state index contributed by atoms with van der Waals surface area (Å²) in [5.41, 5.74) is 6.75. The molecule has 0 bridgehead atoms. The number of aromatic nitrogens is 1. The highest BCUT2D eigenvalue weighted by Gasteiger charge is 2.12. The smallest absolute Gasteiger partial charge is 0.237 e. The topological polar surface area (TPSA) is 77.2 Å². The van der Waals surface area contributed by atoms with Crippen molar-refractivity contribution in [3.63, 3.8) is 0 Å². The molecular formula is C12H19N3O2. The lowest BCUT2D eigenvalue weighted by Crippen LogP contribution is -2.40. The zero-order valence-corrected chi connectivity index (χ0v) is 10.1. The maximum absolute atomic E-state index is 11.6. The highest BCUT2D eigenvalue weighted by Crippen LogP contribution is 1.98. The zero-order chi connectivity index (χ0) is 12.5. The second-order valence-electron chi connectivity index (χ2n) is 3.81. The van der Waals surface area contributed by atoms with Gasteiger partial charge in [0, 0.05) is 32.7 Å². The van der Waals surface area contributed by atoms with Crippen molar-refractivity contribution in [3.8, 4) is 0 Å². The van der Waals surface area contributed by atoms with Crippen LogP contribution in [0.15, 0.2) is 24.5 Å². The Balaban J connectivity index is 2.24. The number of hydrogen-bond donors (Lipinski definition) is 2. The molecule has 0 saturated heterocycles. The highest BCUT2D eigenvalue weighted by atomic mass is 16.5. The van der Waals surface area contributed by atoms with Crippen LogP contribution in [-0.2, 0) is 16.1 Å². The van der Waals surface area contributed by atoms with E-state index in [0.29, 0.717) is 19.6 Å². The summed E-state index contributed by atoms with van der Waals surface area (Å²) in [6.45, 7) is 1.12. The first-order valence-corrected chi connectivity index (χ1v) is 5.65. The number of nitrogens with zero attached hydrogens (tertiary/aromatic N) is 1. The second kappa shape index (κ2) is 7.76. The molecule has 1 amide bonds. The Kier molecular flexibility index (Phi) is 6.21. The van der Waals surface area contributed by atoms with Crippen molar-refractivity contribution in [2.24, 2.45) is 5.73 Å². The Morgan fingerprint density at radius 1 is 1.53 bits per heavy atom. The summed E-state index contributed by atoms with van der Waals surface area (Å²) in [4.78, 5) is 15.5. The highest BCUT2D eigenvalue weighted by molar-refractivity contribution is 5.81. The van der Waals surface area contributed by atoms with Crippen LogP contribution in [0.1, 0.15) is 18.4 Å². The van der Waals surface area contributed by atoms with Crippen LogP contribution in [0, 0.1) is 0 Å². The quantitative estimate of drug-likeness (QED) is 0.675. The average Bonchev–Trinajstić information content (AvgIpc) is 2.37. The molecule has 0 aliphatic carbocycles. The molecule has 0 aromatic carbocycles. The maximum Gasteiger partial charge on any atom is 0.237 e. The van der Waals surface area contributed by atoms with Gasteiger partial charge in [-0.15, -0.1) is 0 Å². The van der Waals surface area contributed by atoms with Crippen LogP contribution in [0.25, 0.3) is 0 Å². The Morgan fingerprint density at radius 2 is 2.24 bits per heavy atom. The number of carbonyl (C=O) groups is 1. The normalized spacial score (nSPS) is 12.1. The van der Waals surface area contributed by atoms with Crippen LogP contribution >= 0.6 is 0 Å². The van der Waals surface area contributed by atoms with Crippen LogP contribution in [0.3, 0.4) is 0 Å². The van der Waals surface area contributed by atoms with E-state index in [1.165, 1.54) is 0 Å². The Hall–Kier alpha value is -1.46. The van der Waals surface area contributed by atoms with Gasteiger partial charge in [0.05, 0.1) is 6.04 Å². The molecule has 0 aliphatic rings. The van der Waals surface area contributed by atoms with Gasteiger partial charge in [-0.25, -0.2) is 0 Å². The molecule has 0 saturated carbocycles. The summed E-state index contributed by atoms with van der Waals surface area (Å²) in [5, 5.41) is 2.79. The van der Waals surface area contributed by atoms with Gasteiger partial charge in [0.25, 0.3) is 0 Å². The van der Waals surface area contributed by atoms with E-state index >= 15 is 0 Å².